The molecular weight excluding hydrogens is 393 g/mol. The van der Waals surface area contributed by atoms with Gasteiger partial charge in [0.2, 0.25) is 11.7 Å². The van der Waals surface area contributed by atoms with Gasteiger partial charge in [-0.1, -0.05) is 19.0 Å². The Morgan fingerprint density at radius 1 is 1.33 bits per heavy atom. The van der Waals surface area contributed by atoms with Crippen molar-refractivity contribution in [1.82, 2.24) is 20.4 Å². The molecule has 0 saturated carbocycles. The Morgan fingerprint density at radius 3 is 2.70 bits per heavy atom. The van der Waals surface area contributed by atoms with Crippen LogP contribution >= 0.6 is 24.8 Å². The Kier molecular flexibility index (Phi) is 8.42. The van der Waals surface area contributed by atoms with Crippen LogP contribution in [0.3, 0.4) is 0 Å². The Morgan fingerprint density at radius 2 is 2.11 bits per heavy atom. The van der Waals surface area contributed by atoms with Crippen LogP contribution in [0.15, 0.2) is 45.8 Å². The van der Waals surface area contributed by atoms with E-state index in [-0.39, 0.29) is 43.2 Å². The van der Waals surface area contributed by atoms with E-state index in [2.05, 4.69) is 20.4 Å². The van der Waals surface area contributed by atoms with Crippen LogP contribution in [0.5, 0.6) is 0 Å². The monoisotopic (exact) mass is 413 g/mol. The second-order valence-electron chi connectivity index (χ2n) is 5.90. The molecule has 3 heterocycles. The average Bonchev–Trinajstić information content (AvgIpc) is 3.29. The SMILES string of the molecule is CC(C)C(NC(=O)c1coc(CN)c1)c1nc(-c2cccnc2)no1.Cl.Cl. The number of nitrogens with two attached hydrogens (primary N) is 1. The third-order valence-corrected chi connectivity index (χ3v) is 3.70. The normalized spacial score (nSPS) is 11.4. The Bertz CT molecular complexity index is 851. The first kappa shape index (κ1) is 22.6. The molecule has 27 heavy (non-hydrogen) atoms. The smallest absolute Gasteiger partial charge is 0.255 e. The summed E-state index contributed by atoms with van der Waals surface area (Å²) < 4.78 is 10.6. The molecule has 0 radical (unpaired) electrons. The van der Waals surface area contributed by atoms with Crippen LogP contribution in [0.4, 0.5) is 0 Å². The van der Waals surface area contributed by atoms with E-state index in [4.69, 9.17) is 14.7 Å². The zero-order valence-corrected chi connectivity index (χ0v) is 16.4. The van der Waals surface area contributed by atoms with E-state index in [1.54, 1.807) is 24.5 Å². The number of carbonyl (C=O) groups excluding carboxylic acids is 1. The summed E-state index contributed by atoms with van der Waals surface area (Å²) >= 11 is 0. The summed E-state index contributed by atoms with van der Waals surface area (Å²) in [5, 5.41) is 6.87. The zero-order valence-electron chi connectivity index (χ0n) is 14.8. The molecule has 0 aromatic carbocycles. The summed E-state index contributed by atoms with van der Waals surface area (Å²) in [5.74, 6) is 1.07. The number of nitrogens with one attached hydrogen (secondary N) is 1. The van der Waals surface area contributed by atoms with Crippen molar-refractivity contribution in [3.8, 4) is 11.4 Å². The van der Waals surface area contributed by atoms with Gasteiger partial charge < -0.3 is 20.0 Å². The number of amides is 1. The lowest BCUT2D eigenvalue weighted by molar-refractivity contribution is 0.0913. The third-order valence-electron chi connectivity index (χ3n) is 3.70. The van der Waals surface area contributed by atoms with Crippen LogP contribution < -0.4 is 11.1 Å². The molecule has 3 aromatic rings. The van der Waals surface area contributed by atoms with Gasteiger partial charge in [-0.15, -0.1) is 24.8 Å². The molecular formula is C17H21Cl2N5O3. The van der Waals surface area contributed by atoms with Crippen molar-refractivity contribution in [2.24, 2.45) is 11.7 Å². The first-order valence-electron chi connectivity index (χ1n) is 7.91. The van der Waals surface area contributed by atoms with Crippen LogP contribution in [0, 0.1) is 5.92 Å². The van der Waals surface area contributed by atoms with Crippen LogP contribution in [-0.4, -0.2) is 21.0 Å². The summed E-state index contributed by atoms with van der Waals surface area (Å²) in [6, 6.07) is 4.81. The molecule has 10 heteroatoms. The van der Waals surface area contributed by atoms with Crippen LogP contribution in [0.2, 0.25) is 0 Å². The van der Waals surface area contributed by atoms with Crippen molar-refractivity contribution in [2.75, 3.05) is 0 Å². The zero-order chi connectivity index (χ0) is 17.8. The number of rotatable bonds is 6. The van der Waals surface area contributed by atoms with Crippen molar-refractivity contribution in [2.45, 2.75) is 26.4 Å². The summed E-state index contributed by atoms with van der Waals surface area (Å²) in [5.41, 5.74) is 6.64. The van der Waals surface area contributed by atoms with Gasteiger partial charge in [0.1, 0.15) is 18.1 Å². The number of nitrogens with zero attached hydrogens (tertiary/aromatic N) is 3. The summed E-state index contributed by atoms with van der Waals surface area (Å²) in [6.07, 6.45) is 4.70. The molecule has 3 rings (SSSR count). The Balaban J connectivity index is 0.00000182. The van der Waals surface area contributed by atoms with Gasteiger partial charge in [0.25, 0.3) is 5.91 Å². The molecule has 0 aliphatic heterocycles. The van der Waals surface area contributed by atoms with E-state index in [0.29, 0.717) is 23.0 Å². The predicted molar refractivity (Wildman–Crippen MR) is 104 cm³/mol. The molecule has 3 N–H and O–H groups in total. The summed E-state index contributed by atoms with van der Waals surface area (Å²) in [6.45, 7) is 4.15. The maximum atomic E-state index is 12.4. The molecule has 0 saturated heterocycles. The number of carbonyl (C=O) groups is 1. The van der Waals surface area contributed by atoms with E-state index in [1.165, 1.54) is 6.26 Å². The van der Waals surface area contributed by atoms with Crippen LogP contribution in [0.1, 0.15) is 41.9 Å². The highest BCUT2D eigenvalue weighted by molar-refractivity contribution is 5.94. The molecule has 0 bridgehead atoms. The second kappa shape index (κ2) is 10.1. The maximum absolute atomic E-state index is 12.4. The van der Waals surface area contributed by atoms with Gasteiger partial charge in [-0.2, -0.15) is 4.98 Å². The van der Waals surface area contributed by atoms with Crippen molar-refractivity contribution in [3.63, 3.8) is 0 Å². The second-order valence-corrected chi connectivity index (χ2v) is 5.90. The number of furan rings is 1. The first-order chi connectivity index (χ1) is 12.1. The van der Waals surface area contributed by atoms with Crippen molar-refractivity contribution in [1.29, 1.82) is 0 Å². The van der Waals surface area contributed by atoms with Gasteiger partial charge in [-0.25, -0.2) is 0 Å². The largest absolute Gasteiger partial charge is 0.467 e. The molecule has 0 aliphatic carbocycles. The molecule has 3 aromatic heterocycles. The van der Waals surface area contributed by atoms with Gasteiger partial charge in [0.15, 0.2) is 0 Å². The Labute approximate surface area is 168 Å². The van der Waals surface area contributed by atoms with Crippen molar-refractivity contribution in [3.05, 3.63) is 54.1 Å². The maximum Gasteiger partial charge on any atom is 0.255 e. The Hall–Kier alpha value is -2.42. The molecule has 0 aliphatic rings. The van der Waals surface area contributed by atoms with E-state index < -0.39 is 6.04 Å². The van der Waals surface area contributed by atoms with Gasteiger partial charge >= 0.3 is 0 Å². The lowest BCUT2D eigenvalue weighted by Gasteiger charge is -2.17. The molecule has 1 amide bonds. The average molecular weight is 414 g/mol. The third kappa shape index (κ3) is 5.29. The van der Waals surface area contributed by atoms with Gasteiger partial charge in [0.05, 0.1) is 12.1 Å². The molecule has 1 unspecified atom stereocenters. The fraction of sp³-hybridized carbons (Fsp3) is 0.294. The van der Waals surface area contributed by atoms with Gasteiger partial charge in [0, 0.05) is 18.0 Å². The van der Waals surface area contributed by atoms with E-state index in [9.17, 15) is 4.79 Å². The van der Waals surface area contributed by atoms with Crippen molar-refractivity contribution < 1.29 is 13.7 Å². The molecule has 0 fully saturated rings. The molecule has 0 spiro atoms. The highest BCUT2D eigenvalue weighted by Crippen LogP contribution is 2.23. The molecule has 1 atom stereocenters. The van der Waals surface area contributed by atoms with Crippen LogP contribution in [-0.2, 0) is 6.54 Å². The summed E-state index contributed by atoms with van der Waals surface area (Å²) in [7, 11) is 0. The number of aromatic nitrogens is 3. The molecule has 146 valence electrons. The minimum atomic E-state index is -0.429. The number of hydrogen-bond donors (Lipinski definition) is 2. The number of hydrogen-bond acceptors (Lipinski definition) is 7. The number of pyridine rings is 1. The minimum absolute atomic E-state index is 0. The van der Waals surface area contributed by atoms with Crippen LogP contribution in [0.25, 0.3) is 11.4 Å². The highest BCUT2D eigenvalue weighted by Gasteiger charge is 2.26. The van der Waals surface area contributed by atoms with Crippen molar-refractivity contribution >= 4 is 30.7 Å². The predicted octanol–water partition coefficient (Wildman–Crippen LogP) is 3.15. The number of halogens is 2. The summed E-state index contributed by atoms with van der Waals surface area (Å²) in [4.78, 5) is 20.9. The van der Waals surface area contributed by atoms with E-state index in [1.807, 2.05) is 19.9 Å². The lowest BCUT2D eigenvalue weighted by atomic mass is 10.0. The van der Waals surface area contributed by atoms with E-state index in [0.717, 1.165) is 5.56 Å². The first-order valence-corrected chi connectivity index (χ1v) is 7.91. The topological polar surface area (TPSA) is 120 Å². The fourth-order valence-electron chi connectivity index (χ4n) is 2.32. The quantitative estimate of drug-likeness (QED) is 0.636. The fourth-order valence-corrected chi connectivity index (χ4v) is 2.32. The van der Waals surface area contributed by atoms with Gasteiger partial charge in [-0.05, 0) is 24.1 Å². The standard InChI is InChI=1S/C17H19N5O3.2ClH/c1-10(2)14(20-16(23)12-6-13(7-18)24-9-12)17-21-15(22-25-17)11-4-3-5-19-8-11;;/h3-6,8-10,14H,7,18H2,1-2H3,(H,20,23);2*1H. The van der Waals surface area contributed by atoms with Gasteiger partial charge in [-0.3, -0.25) is 9.78 Å². The lowest BCUT2D eigenvalue weighted by Crippen LogP contribution is -2.31. The minimum Gasteiger partial charge on any atom is -0.467 e. The van der Waals surface area contributed by atoms with E-state index >= 15 is 0 Å². The highest BCUT2D eigenvalue weighted by atomic mass is 35.5. The molecule has 8 nitrogen and oxygen atoms in total.